The number of Topliss-reactive ketones (excluding diaryl/α,β-unsaturated/α-hetero) is 1. The molecule has 1 N–H and O–H groups in total. The number of halogens is 1. The molecular weight excluding hydrogens is 170 g/mol. The first-order valence-corrected chi connectivity index (χ1v) is 4.13. The van der Waals surface area contributed by atoms with E-state index in [4.69, 9.17) is 0 Å². The predicted octanol–water partition coefficient (Wildman–Crippen LogP) is 1.62. The van der Waals surface area contributed by atoms with Gasteiger partial charge in [0.05, 0.1) is 11.6 Å². The summed E-state index contributed by atoms with van der Waals surface area (Å²) in [5.41, 5.74) is 0.143. The van der Waals surface area contributed by atoms with Gasteiger partial charge in [0, 0.05) is 0 Å². The Kier molecular flexibility index (Phi) is 3.14. The van der Waals surface area contributed by atoms with Gasteiger partial charge in [-0.1, -0.05) is 12.1 Å². The Morgan fingerprint density at radius 2 is 2.08 bits per heavy atom. The van der Waals surface area contributed by atoms with Crippen LogP contribution in [-0.2, 0) is 0 Å². The van der Waals surface area contributed by atoms with E-state index in [1.54, 1.807) is 26.1 Å². The lowest BCUT2D eigenvalue weighted by Gasteiger charge is -2.08. The van der Waals surface area contributed by atoms with Crippen molar-refractivity contribution in [1.82, 2.24) is 5.32 Å². The minimum Gasteiger partial charge on any atom is -0.310 e. The van der Waals surface area contributed by atoms with Gasteiger partial charge < -0.3 is 5.32 Å². The van der Waals surface area contributed by atoms with Crippen LogP contribution in [0, 0.1) is 5.82 Å². The van der Waals surface area contributed by atoms with E-state index in [1.165, 1.54) is 12.1 Å². The monoisotopic (exact) mass is 182 g/mol. The average molecular weight is 182 g/mol. The zero-order chi connectivity index (χ0) is 9.84. The quantitative estimate of drug-likeness (QED) is 0.719. The molecule has 0 spiro atoms. The third-order valence-corrected chi connectivity index (χ3v) is 1.97. The van der Waals surface area contributed by atoms with Gasteiger partial charge >= 0.3 is 0 Å². The molecular formula is C10H12FNO. The van der Waals surface area contributed by atoms with Crippen LogP contribution in [-0.4, -0.2) is 18.9 Å². The summed E-state index contributed by atoms with van der Waals surface area (Å²) in [6.45, 7) is 1.70. The summed E-state index contributed by atoms with van der Waals surface area (Å²) in [7, 11) is 1.67. The van der Waals surface area contributed by atoms with Crippen LogP contribution in [0.5, 0.6) is 0 Å². The molecule has 70 valence electrons. The molecule has 0 saturated carbocycles. The van der Waals surface area contributed by atoms with E-state index < -0.39 is 5.82 Å². The molecule has 0 aromatic heterocycles. The first kappa shape index (κ1) is 9.86. The van der Waals surface area contributed by atoms with Crippen molar-refractivity contribution >= 4 is 5.78 Å². The highest BCUT2D eigenvalue weighted by Crippen LogP contribution is 2.08. The highest BCUT2D eigenvalue weighted by molar-refractivity contribution is 6.00. The number of ketones is 1. The summed E-state index contributed by atoms with van der Waals surface area (Å²) in [6, 6.07) is 5.65. The topological polar surface area (TPSA) is 29.1 Å². The summed E-state index contributed by atoms with van der Waals surface area (Å²) in [6.07, 6.45) is 0. The second-order valence-corrected chi connectivity index (χ2v) is 2.85. The number of benzene rings is 1. The average Bonchev–Trinajstić information content (AvgIpc) is 2.16. The lowest BCUT2D eigenvalue weighted by molar-refractivity contribution is 0.0951. The zero-order valence-corrected chi connectivity index (χ0v) is 7.67. The molecule has 1 aromatic carbocycles. The van der Waals surface area contributed by atoms with E-state index in [1.807, 2.05) is 0 Å². The minimum absolute atomic E-state index is 0.143. The first-order chi connectivity index (χ1) is 6.16. The fraction of sp³-hybridized carbons (Fsp3) is 0.300. The fourth-order valence-corrected chi connectivity index (χ4v) is 1.03. The van der Waals surface area contributed by atoms with E-state index in [0.717, 1.165) is 0 Å². The fourth-order valence-electron chi connectivity index (χ4n) is 1.03. The standard InChI is InChI=1S/C10H12FNO/c1-7(12-2)10(13)8-5-3-4-6-9(8)11/h3-7,12H,1-2H3/i5+1. The van der Waals surface area contributed by atoms with Gasteiger partial charge in [0.1, 0.15) is 5.82 Å². The summed E-state index contributed by atoms with van der Waals surface area (Å²) in [5, 5.41) is 2.77. The molecule has 0 amide bonds. The summed E-state index contributed by atoms with van der Waals surface area (Å²) < 4.78 is 13.1. The maximum Gasteiger partial charge on any atom is 0.182 e. The Morgan fingerprint density at radius 3 is 2.62 bits per heavy atom. The highest BCUT2D eigenvalue weighted by Gasteiger charge is 2.15. The molecule has 0 aliphatic heterocycles. The predicted molar refractivity (Wildman–Crippen MR) is 49.3 cm³/mol. The maximum atomic E-state index is 13.1. The molecule has 1 atom stereocenters. The van der Waals surface area contributed by atoms with Crippen LogP contribution < -0.4 is 5.32 Å². The molecule has 0 bridgehead atoms. The van der Waals surface area contributed by atoms with Gasteiger partial charge in [-0.15, -0.1) is 0 Å². The molecule has 0 radical (unpaired) electrons. The maximum absolute atomic E-state index is 13.1. The largest absolute Gasteiger partial charge is 0.310 e. The lowest BCUT2D eigenvalue weighted by atomic mass is 10.1. The summed E-state index contributed by atoms with van der Waals surface area (Å²) in [4.78, 5) is 11.5. The molecule has 1 aromatic rings. The third-order valence-electron chi connectivity index (χ3n) is 1.97. The Bertz CT molecular complexity index is 312. The number of hydrogen-bond donors (Lipinski definition) is 1. The highest BCUT2D eigenvalue weighted by atomic mass is 19.1. The van der Waals surface area contributed by atoms with E-state index in [0.29, 0.717) is 0 Å². The number of rotatable bonds is 3. The molecule has 2 nitrogen and oxygen atoms in total. The number of carbonyl (C=O) groups is 1. The van der Waals surface area contributed by atoms with Crippen LogP contribution in [0.3, 0.4) is 0 Å². The number of carbonyl (C=O) groups excluding carboxylic acids is 1. The third kappa shape index (κ3) is 2.12. The van der Waals surface area contributed by atoms with Crippen molar-refractivity contribution in [2.75, 3.05) is 7.05 Å². The van der Waals surface area contributed by atoms with Gasteiger partial charge in [0.2, 0.25) is 0 Å². The van der Waals surface area contributed by atoms with Crippen LogP contribution >= 0.6 is 0 Å². The van der Waals surface area contributed by atoms with Crippen molar-refractivity contribution in [2.45, 2.75) is 13.0 Å². The Labute approximate surface area is 76.8 Å². The van der Waals surface area contributed by atoms with Crippen LogP contribution in [0.2, 0.25) is 0 Å². The van der Waals surface area contributed by atoms with Crippen molar-refractivity contribution in [3.8, 4) is 0 Å². The summed E-state index contributed by atoms with van der Waals surface area (Å²) in [5.74, 6) is -0.685. The van der Waals surface area contributed by atoms with Crippen molar-refractivity contribution in [3.05, 3.63) is 35.6 Å². The molecule has 0 fully saturated rings. The Hall–Kier alpha value is -1.22. The molecule has 0 saturated heterocycles. The van der Waals surface area contributed by atoms with Crippen LogP contribution in [0.1, 0.15) is 17.3 Å². The van der Waals surface area contributed by atoms with E-state index >= 15 is 0 Å². The SMILES string of the molecule is CNC(C)C(=O)c1[13cH]cccc1F. The molecule has 1 rings (SSSR count). The lowest BCUT2D eigenvalue weighted by Crippen LogP contribution is -2.31. The van der Waals surface area contributed by atoms with Crippen LogP contribution in [0.25, 0.3) is 0 Å². The van der Waals surface area contributed by atoms with Crippen molar-refractivity contribution in [1.29, 1.82) is 0 Å². The molecule has 0 aliphatic carbocycles. The molecule has 1 unspecified atom stereocenters. The van der Waals surface area contributed by atoms with Crippen molar-refractivity contribution in [2.24, 2.45) is 0 Å². The minimum atomic E-state index is -0.463. The van der Waals surface area contributed by atoms with E-state index in [-0.39, 0.29) is 17.4 Å². The van der Waals surface area contributed by atoms with Gasteiger partial charge in [-0.25, -0.2) is 4.39 Å². The number of hydrogen-bond acceptors (Lipinski definition) is 2. The number of nitrogens with one attached hydrogen (secondary N) is 1. The number of likely N-dealkylation sites (N-methyl/N-ethyl adjacent to an activating group) is 1. The van der Waals surface area contributed by atoms with Crippen molar-refractivity contribution in [3.63, 3.8) is 0 Å². The second-order valence-electron chi connectivity index (χ2n) is 2.85. The van der Waals surface area contributed by atoms with Gasteiger partial charge in [-0.3, -0.25) is 4.79 Å². The van der Waals surface area contributed by atoms with Crippen LogP contribution in [0.4, 0.5) is 4.39 Å². The normalized spacial score (nSPS) is 12.5. The van der Waals surface area contributed by atoms with Gasteiger partial charge in [-0.2, -0.15) is 0 Å². The first-order valence-electron chi connectivity index (χ1n) is 4.13. The summed E-state index contributed by atoms with van der Waals surface area (Å²) >= 11 is 0. The Balaban J connectivity index is 2.95. The molecule has 3 heteroatoms. The second kappa shape index (κ2) is 4.14. The Morgan fingerprint density at radius 1 is 1.46 bits per heavy atom. The zero-order valence-electron chi connectivity index (χ0n) is 7.67. The van der Waals surface area contributed by atoms with E-state index in [2.05, 4.69) is 5.32 Å². The smallest absolute Gasteiger partial charge is 0.182 e. The van der Waals surface area contributed by atoms with Gasteiger partial charge in [-0.05, 0) is 26.1 Å². The van der Waals surface area contributed by atoms with Crippen LogP contribution in [0.15, 0.2) is 24.3 Å². The molecule has 0 aliphatic rings. The molecule has 0 heterocycles. The molecule has 13 heavy (non-hydrogen) atoms. The van der Waals surface area contributed by atoms with E-state index in [9.17, 15) is 9.18 Å². The van der Waals surface area contributed by atoms with Gasteiger partial charge in [0.15, 0.2) is 5.78 Å². The van der Waals surface area contributed by atoms with Gasteiger partial charge in [0.25, 0.3) is 0 Å². The van der Waals surface area contributed by atoms with Crippen molar-refractivity contribution < 1.29 is 9.18 Å².